The number of nitrogens with one attached hydrogen (secondary N) is 1. The van der Waals surface area contributed by atoms with Crippen LogP contribution in [0.5, 0.6) is 5.75 Å². The van der Waals surface area contributed by atoms with Crippen molar-refractivity contribution < 1.29 is 23.8 Å². The zero-order chi connectivity index (χ0) is 22.9. The molecule has 0 spiro atoms. The zero-order valence-electron chi connectivity index (χ0n) is 18.1. The summed E-state index contributed by atoms with van der Waals surface area (Å²) in [6.45, 7) is -0.0979. The van der Waals surface area contributed by atoms with Crippen LogP contribution in [0.25, 0.3) is 27.9 Å². The molecule has 4 heterocycles. The molecule has 9 nitrogen and oxygen atoms in total. The normalized spacial score (nSPS) is 18.5. The van der Waals surface area contributed by atoms with E-state index in [1.54, 1.807) is 19.5 Å². The van der Waals surface area contributed by atoms with Gasteiger partial charge in [-0.25, -0.2) is 14.4 Å². The van der Waals surface area contributed by atoms with E-state index in [9.17, 15) is 14.3 Å². The summed E-state index contributed by atoms with van der Waals surface area (Å²) in [5.41, 5.74) is 3.72. The molecule has 0 saturated carbocycles. The summed E-state index contributed by atoms with van der Waals surface area (Å²) >= 11 is 0. The summed E-state index contributed by atoms with van der Waals surface area (Å²) in [7, 11) is 1.62. The Kier molecular flexibility index (Phi) is 5.69. The van der Waals surface area contributed by atoms with Gasteiger partial charge in [0.15, 0.2) is 12.3 Å². The Bertz CT molecular complexity index is 1290. The molecule has 1 fully saturated rings. The van der Waals surface area contributed by atoms with Gasteiger partial charge >= 0.3 is 0 Å². The Balaban J connectivity index is 1.62. The van der Waals surface area contributed by atoms with Gasteiger partial charge in [0.2, 0.25) is 0 Å². The van der Waals surface area contributed by atoms with E-state index in [0.717, 1.165) is 16.6 Å². The number of imidazole rings is 1. The van der Waals surface area contributed by atoms with Crippen molar-refractivity contribution in [3.63, 3.8) is 0 Å². The summed E-state index contributed by atoms with van der Waals surface area (Å²) in [6, 6.07) is 8.85. The average Bonchev–Trinajstić information content (AvgIpc) is 3.55. The minimum absolute atomic E-state index is 0.0759. The molecule has 0 aliphatic carbocycles. The molecule has 2 N–H and O–H groups in total. The molecule has 1 aliphatic heterocycles. The highest BCUT2D eigenvalue weighted by atomic mass is 19.1. The van der Waals surface area contributed by atoms with E-state index in [2.05, 4.69) is 9.97 Å². The average molecular weight is 453 g/mol. The number of β-amino-alcohol motifs (C(OH)–C–C–N with tert-alkyl or cyclic N) is 1. The van der Waals surface area contributed by atoms with Crippen LogP contribution in [0.2, 0.25) is 0 Å². The number of benzene rings is 1. The number of hydrogen-bond donors (Lipinski definition) is 2. The Labute approximate surface area is 188 Å². The van der Waals surface area contributed by atoms with Crippen molar-refractivity contribution in [1.82, 2.24) is 24.3 Å². The SMILES string of the molecule is COCCOc1ccc(-c2nc([C@H]3C[C@@H](O)CN3C(=O)CF)n3c2cnc2[nH]ccc23)cc1. The van der Waals surface area contributed by atoms with Gasteiger partial charge in [-0.15, -0.1) is 0 Å². The minimum atomic E-state index is -1.12. The largest absolute Gasteiger partial charge is 0.491 e. The van der Waals surface area contributed by atoms with Crippen LogP contribution in [0.4, 0.5) is 4.39 Å². The van der Waals surface area contributed by atoms with Gasteiger partial charge in [0.05, 0.1) is 41.7 Å². The number of H-pyrrole nitrogens is 1. The first-order valence-electron chi connectivity index (χ1n) is 10.7. The summed E-state index contributed by atoms with van der Waals surface area (Å²) in [5, 5.41) is 10.3. The number of aromatic nitrogens is 4. The van der Waals surface area contributed by atoms with Crippen molar-refractivity contribution in [2.75, 3.05) is 33.5 Å². The molecule has 1 aromatic carbocycles. The number of aliphatic hydroxyl groups excluding tert-OH is 1. The number of amides is 1. The highest BCUT2D eigenvalue weighted by molar-refractivity contribution is 5.85. The lowest BCUT2D eigenvalue weighted by molar-refractivity contribution is -0.133. The van der Waals surface area contributed by atoms with Gasteiger partial charge < -0.3 is 24.5 Å². The number of halogens is 1. The Morgan fingerprint density at radius 1 is 1.24 bits per heavy atom. The maximum atomic E-state index is 13.3. The summed E-state index contributed by atoms with van der Waals surface area (Å²) in [6.07, 6.45) is 3.04. The molecule has 4 aromatic rings. The van der Waals surface area contributed by atoms with E-state index >= 15 is 0 Å². The van der Waals surface area contributed by atoms with Gasteiger partial charge in [-0.3, -0.25) is 9.20 Å². The fourth-order valence-electron chi connectivity index (χ4n) is 4.38. The second kappa shape index (κ2) is 8.80. The van der Waals surface area contributed by atoms with E-state index in [1.165, 1.54) is 4.90 Å². The molecular weight excluding hydrogens is 429 g/mol. The Hall–Kier alpha value is -3.50. The molecule has 33 heavy (non-hydrogen) atoms. The van der Waals surface area contributed by atoms with Crippen LogP contribution in [0, 0.1) is 0 Å². The van der Waals surface area contributed by atoms with Crippen LogP contribution >= 0.6 is 0 Å². The third-order valence-corrected chi connectivity index (χ3v) is 5.90. The first-order chi connectivity index (χ1) is 16.1. The molecule has 1 amide bonds. The van der Waals surface area contributed by atoms with Crippen LogP contribution in [-0.4, -0.2) is 74.9 Å². The first kappa shape index (κ1) is 21.4. The predicted octanol–water partition coefficient (Wildman–Crippen LogP) is 2.51. The van der Waals surface area contributed by atoms with E-state index in [-0.39, 0.29) is 13.0 Å². The number of aliphatic hydroxyl groups is 1. The molecule has 0 unspecified atom stereocenters. The number of nitrogens with zero attached hydrogens (tertiary/aromatic N) is 4. The molecular formula is C23H24FN5O4. The highest BCUT2D eigenvalue weighted by Gasteiger charge is 2.38. The van der Waals surface area contributed by atoms with E-state index < -0.39 is 24.7 Å². The monoisotopic (exact) mass is 453 g/mol. The molecule has 10 heteroatoms. The smallest absolute Gasteiger partial charge is 0.254 e. The third-order valence-electron chi connectivity index (χ3n) is 5.90. The number of alkyl halides is 1. The quantitative estimate of drug-likeness (QED) is 0.417. The van der Waals surface area contributed by atoms with Crippen molar-refractivity contribution in [2.45, 2.75) is 18.6 Å². The number of carbonyl (C=O) groups is 1. The van der Waals surface area contributed by atoms with E-state index in [0.29, 0.717) is 36.1 Å². The number of carbonyl (C=O) groups excluding carboxylic acids is 1. The lowest BCUT2D eigenvalue weighted by Crippen LogP contribution is -2.33. The van der Waals surface area contributed by atoms with Gasteiger partial charge in [-0.05, 0) is 30.3 Å². The number of likely N-dealkylation sites (tertiary alicyclic amines) is 1. The van der Waals surface area contributed by atoms with Gasteiger partial charge in [0.1, 0.15) is 18.2 Å². The Morgan fingerprint density at radius 2 is 2.06 bits per heavy atom. The van der Waals surface area contributed by atoms with Crippen molar-refractivity contribution >= 4 is 22.6 Å². The van der Waals surface area contributed by atoms with Gasteiger partial charge in [-0.1, -0.05) is 0 Å². The van der Waals surface area contributed by atoms with Gasteiger partial charge in [0, 0.05) is 31.8 Å². The summed E-state index contributed by atoms with van der Waals surface area (Å²) < 4.78 is 25.8. The summed E-state index contributed by atoms with van der Waals surface area (Å²) in [4.78, 5) is 26.1. The van der Waals surface area contributed by atoms with E-state index in [4.69, 9.17) is 14.5 Å². The van der Waals surface area contributed by atoms with Crippen LogP contribution < -0.4 is 4.74 Å². The van der Waals surface area contributed by atoms with Gasteiger partial charge in [-0.2, -0.15) is 0 Å². The van der Waals surface area contributed by atoms with Crippen LogP contribution in [0.1, 0.15) is 18.3 Å². The standard InChI is InChI=1S/C23H24FN5O4/c1-32-8-9-33-16-4-2-14(3-5-16)21-19-12-26-22-17(6-7-25-22)29(19)23(27-21)18-10-15(30)13-28(18)20(31)11-24/h2-7,12,15,18,25,30H,8-11,13H2,1H3/t15-,18-/m1/s1. The summed E-state index contributed by atoms with van der Waals surface area (Å²) in [5.74, 6) is 0.613. The van der Waals surface area contributed by atoms with Gasteiger partial charge in [0.25, 0.3) is 5.91 Å². The van der Waals surface area contributed by atoms with Crippen LogP contribution in [0.3, 0.4) is 0 Å². The van der Waals surface area contributed by atoms with Crippen LogP contribution in [-0.2, 0) is 9.53 Å². The number of fused-ring (bicyclic) bond motifs is 3. The number of ether oxygens (including phenoxy) is 2. The topological polar surface area (TPSA) is 105 Å². The zero-order valence-corrected chi connectivity index (χ0v) is 18.1. The molecule has 5 rings (SSSR count). The molecule has 0 radical (unpaired) electrons. The lowest BCUT2D eigenvalue weighted by atomic mass is 10.1. The van der Waals surface area contributed by atoms with Crippen molar-refractivity contribution in [2.24, 2.45) is 0 Å². The second-order valence-electron chi connectivity index (χ2n) is 7.96. The first-order valence-corrected chi connectivity index (χ1v) is 10.7. The maximum absolute atomic E-state index is 13.3. The molecule has 3 aromatic heterocycles. The lowest BCUT2D eigenvalue weighted by Gasteiger charge is -2.22. The maximum Gasteiger partial charge on any atom is 0.254 e. The van der Waals surface area contributed by atoms with Crippen LogP contribution in [0.15, 0.2) is 42.7 Å². The number of rotatable bonds is 7. The third kappa shape index (κ3) is 3.81. The van der Waals surface area contributed by atoms with E-state index in [1.807, 2.05) is 34.7 Å². The van der Waals surface area contributed by atoms with Crippen molar-refractivity contribution in [1.29, 1.82) is 0 Å². The molecule has 0 bridgehead atoms. The number of hydrogen-bond acceptors (Lipinski definition) is 6. The fraction of sp³-hybridized carbons (Fsp3) is 0.348. The predicted molar refractivity (Wildman–Crippen MR) is 119 cm³/mol. The molecule has 2 atom stereocenters. The number of aromatic amines is 1. The second-order valence-corrected chi connectivity index (χ2v) is 7.96. The van der Waals surface area contributed by atoms with Crippen molar-refractivity contribution in [3.05, 3.63) is 48.5 Å². The number of methoxy groups -OCH3 is 1. The Morgan fingerprint density at radius 3 is 2.82 bits per heavy atom. The molecule has 1 saturated heterocycles. The minimum Gasteiger partial charge on any atom is -0.491 e. The molecule has 1 aliphatic rings. The molecule has 172 valence electrons. The highest BCUT2D eigenvalue weighted by Crippen LogP contribution is 2.37. The fourth-order valence-corrected chi connectivity index (χ4v) is 4.38. The van der Waals surface area contributed by atoms with Crippen molar-refractivity contribution in [3.8, 4) is 17.0 Å².